The highest BCUT2D eigenvalue weighted by atomic mass is 16.3. The fourth-order valence-corrected chi connectivity index (χ4v) is 4.56. The van der Waals surface area contributed by atoms with Gasteiger partial charge in [-0.3, -0.25) is 14.6 Å². The van der Waals surface area contributed by atoms with E-state index >= 15 is 0 Å². The third-order valence-corrected chi connectivity index (χ3v) is 6.33. The van der Waals surface area contributed by atoms with Gasteiger partial charge < -0.3 is 15.3 Å². The Morgan fingerprint density at radius 1 is 1.06 bits per heavy atom. The van der Waals surface area contributed by atoms with E-state index in [1.54, 1.807) is 11.0 Å². The monoisotopic (exact) mass is 439 g/mol. The Hall–Kier alpha value is -3.77. The normalized spacial score (nSPS) is 16.2. The van der Waals surface area contributed by atoms with E-state index < -0.39 is 6.04 Å². The first-order valence-electron chi connectivity index (χ1n) is 11.1. The SMILES string of the molecule is Cc1cccc2cc(-c3ccc4cc(C(=O)N5CCNC(=O)C5CCO)ccc4c3)cnc12. The van der Waals surface area contributed by atoms with Crippen LogP contribution in [0, 0.1) is 6.92 Å². The first kappa shape index (κ1) is 21.1. The summed E-state index contributed by atoms with van der Waals surface area (Å²) in [6, 6.07) is 19.4. The maximum atomic E-state index is 13.2. The minimum absolute atomic E-state index is 0.147. The molecule has 3 aromatic carbocycles. The zero-order valence-corrected chi connectivity index (χ0v) is 18.4. The Labute approximate surface area is 191 Å². The molecule has 1 atom stereocenters. The average molecular weight is 440 g/mol. The van der Waals surface area contributed by atoms with Gasteiger partial charge in [-0.25, -0.2) is 0 Å². The third kappa shape index (κ3) is 3.94. The van der Waals surface area contributed by atoms with Crippen LogP contribution in [0.4, 0.5) is 0 Å². The Kier molecular flexibility index (Phi) is 5.52. The largest absolute Gasteiger partial charge is 0.396 e. The fraction of sp³-hybridized carbons (Fsp3) is 0.222. The molecule has 1 aliphatic rings. The van der Waals surface area contributed by atoms with E-state index in [1.165, 1.54) is 0 Å². The van der Waals surface area contributed by atoms with Crippen LogP contribution >= 0.6 is 0 Å². The van der Waals surface area contributed by atoms with Gasteiger partial charge in [-0.15, -0.1) is 0 Å². The molecule has 1 unspecified atom stereocenters. The summed E-state index contributed by atoms with van der Waals surface area (Å²) >= 11 is 0. The molecule has 166 valence electrons. The number of pyridine rings is 1. The molecule has 6 nitrogen and oxygen atoms in total. The van der Waals surface area contributed by atoms with Gasteiger partial charge in [-0.1, -0.05) is 36.4 Å². The molecule has 0 spiro atoms. The highest BCUT2D eigenvalue weighted by molar-refractivity contribution is 6.01. The van der Waals surface area contributed by atoms with Crippen LogP contribution in [0.1, 0.15) is 22.3 Å². The summed E-state index contributed by atoms with van der Waals surface area (Å²) in [4.78, 5) is 31.6. The molecule has 1 saturated heterocycles. The van der Waals surface area contributed by atoms with Gasteiger partial charge in [0, 0.05) is 42.4 Å². The smallest absolute Gasteiger partial charge is 0.254 e. The van der Waals surface area contributed by atoms with Crippen molar-refractivity contribution in [3.05, 3.63) is 78.0 Å². The van der Waals surface area contributed by atoms with Crippen molar-refractivity contribution >= 4 is 33.5 Å². The van der Waals surface area contributed by atoms with Crippen LogP contribution in [-0.2, 0) is 4.79 Å². The summed E-state index contributed by atoms with van der Waals surface area (Å²) in [7, 11) is 0. The van der Waals surface area contributed by atoms with E-state index in [9.17, 15) is 14.7 Å². The molecule has 0 aliphatic carbocycles. The van der Waals surface area contributed by atoms with Crippen molar-refractivity contribution in [1.29, 1.82) is 0 Å². The topological polar surface area (TPSA) is 82.5 Å². The van der Waals surface area contributed by atoms with Gasteiger partial charge in [0.15, 0.2) is 0 Å². The van der Waals surface area contributed by atoms with Crippen LogP contribution in [0.25, 0.3) is 32.8 Å². The molecule has 33 heavy (non-hydrogen) atoms. The van der Waals surface area contributed by atoms with E-state index in [1.807, 2.05) is 36.5 Å². The fourth-order valence-electron chi connectivity index (χ4n) is 4.56. The van der Waals surface area contributed by atoms with Crippen molar-refractivity contribution in [1.82, 2.24) is 15.2 Å². The average Bonchev–Trinajstić information content (AvgIpc) is 2.84. The Morgan fingerprint density at radius 3 is 2.70 bits per heavy atom. The number of para-hydroxylation sites is 1. The molecule has 2 amide bonds. The van der Waals surface area contributed by atoms with Gasteiger partial charge in [0.05, 0.1) is 5.52 Å². The summed E-state index contributed by atoms with van der Waals surface area (Å²) in [5.74, 6) is -0.406. The predicted octanol–water partition coefficient (Wildman–Crippen LogP) is 3.69. The second-order valence-electron chi connectivity index (χ2n) is 8.46. The summed E-state index contributed by atoms with van der Waals surface area (Å²) in [6.07, 6.45) is 2.13. The molecule has 2 heterocycles. The van der Waals surface area contributed by atoms with Crippen molar-refractivity contribution in [3.8, 4) is 11.1 Å². The quantitative estimate of drug-likeness (QED) is 0.508. The molecular formula is C27H25N3O3. The Balaban J connectivity index is 1.46. The zero-order chi connectivity index (χ0) is 22.9. The number of aromatic nitrogens is 1. The van der Waals surface area contributed by atoms with E-state index in [0.29, 0.717) is 18.7 Å². The molecule has 5 rings (SSSR count). The van der Waals surface area contributed by atoms with E-state index in [0.717, 1.165) is 38.4 Å². The van der Waals surface area contributed by atoms with Crippen LogP contribution in [0.15, 0.2) is 66.9 Å². The van der Waals surface area contributed by atoms with Gasteiger partial charge in [0.2, 0.25) is 5.91 Å². The van der Waals surface area contributed by atoms with Gasteiger partial charge >= 0.3 is 0 Å². The maximum Gasteiger partial charge on any atom is 0.254 e. The number of hydrogen-bond donors (Lipinski definition) is 2. The number of nitrogens with zero attached hydrogens (tertiary/aromatic N) is 2. The second kappa shape index (κ2) is 8.64. The van der Waals surface area contributed by atoms with Crippen LogP contribution in [0.2, 0.25) is 0 Å². The van der Waals surface area contributed by atoms with Crippen LogP contribution < -0.4 is 5.32 Å². The maximum absolute atomic E-state index is 13.2. The minimum atomic E-state index is -0.640. The van der Waals surface area contributed by atoms with Crippen LogP contribution in [-0.4, -0.2) is 52.5 Å². The molecule has 0 bridgehead atoms. The molecule has 0 radical (unpaired) electrons. The number of nitrogens with one attached hydrogen (secondary N) is 1. The molecule has 4 aromatic rings. The Bertz CT molecular complexity index is 1380. The number of aliphatic hydroxyl groups is 1. The number of carbonyl (C=O) groups excluding carboxylic acids is 2. The lowest BCUT2D eigenvalue weighted by molar-refractivity contribution is -0.128. The summed E-state index contributed by atoms with van der Waals surface area (Å²) in [5, 5.41) is 15.2. The van der Waals surface area contributed by atoms with E-state index in [-0.39, 0.29) is 24.8 Å². The van der Waals surface area contributed by atoms with Crippen molar-refractivity contribution in [2.24, 2.45) is 0 Å². The van der Waals surface area contributed by atoms with Gasteiger partial charge in [-0.2, -0.15) is 0 Å². The number of amides is 2. The number of carbonyl (C=O) groups is 2. The van der Waals surface area contributed by atoms with Crippen molar-refractivity contribution in [2.45, 2.75) is 19.4 Å². The third-order valence-electron chi connectivity index (χ3n) is 6.33. The van der Waals surface area contributed by atoms with Gasteiger partial charge in [0.25, 0.3) is 5.91 Å². The minimum Gasteiger partial charge on any atom is -0.396 e. The zero-order valence-electron chi connectivity index (χ0n) is 18.4. The van der Waals surface area contributed by atoms with Crippen LogP contribution in [0.3, 0.4) is 0 Å². The predicted molar refractivity (Wildman–Crippen MR) is 129 cm³/mol. The number of benzene rings is 3. The number of aryl methyl sites for hydroxylation is 1. The van der Waals surface area contributed by atoms with E-state index in [2.05, 4.69) is 41.5 Å². The lowest BCUT2D eigenvalue weighted by atomic mass is 9.99. The van der Waals surface area contributed by atoms with Crippen molar-refractivity contribution in [2.75, 3.05) is 19.7 Å². The molecule has 0 saturated carbocycles. The lowest BCUT2D eigenvalue weighted by Crippen LogP contribution is -2.57. The molecule has 1 aliphatic heterocycles. The number of piperazine rings is 1. The van der Waals surface area contributed by atoms with Gasteiger partial charge in [-0.05, 0) is 59.5 Å². The lowest BCUT2D eigenvalue weighted by Gasteiger charge is -2.34. The second-order valence-corrected chi connectivity index (χ2v) is 8.46. The first-order chi connectivity index (χ1) is 16.0. The molecule has 1 aromatic heterocycles. The molecular weight excluding hydrogens is 414 g/mol. The van der Waals surface area contributed by atoms with Crippen molar-refractivity contribution in [3.63, 3.8) is 0 Å². The number of aliphatic hydroxyl groups excluding tert-OH is 1. The number of fused-ring (bicyclic) bond motifs is 2. The highest BCUT2D eigenvalue weighted by Crippen LogP contribution is 2.28. The highest BCUT2D eigenvalue weighted by Gasteiger charge is 2.33. The molecule has 2 N–H and O–H groups in total. The molecule has 1 fully saturated rings. The summed E-state index contributed by atoms with van der Waals surface area (Å²) < 4.78 is 0. The van der Waals surface area contributed by atoms with Crippen LogP contribution in [0.5, 0.6) is 0 Å². The van der Waals surface area contributed by atoms with E-state index in [4.69, 9.17) is 0 Å². The van der Waals surface area contributed by atoms with Crippen molar-refractivity contribution < 1.29 is 14.7 Å². The number of rotatable bonds is 4. The first-order valence-corrected chi connectivity index (χ1v) is 11.1. The standard InChI is InChI=1S/C27H25N3O3/c1-17-3-2-4-21-15-23(16-29-25(17)21)20-6-5-19-14-22(8-7-18(19)13-20)27(33)30-11-10-28-26(32)24(30)9-12-31/h2-8,13-16,24,31H,9-12H2,1H3,(H,28,32). The summed E-state index contributed by atoms with van der Waals surface area (Å²) in [5.41, 5.74) is 4.81. The Morgan fingerprint density at radius 2 is 1.85 bits per heavy atom. The van der Waals surface area contributed by atoms with Gasteiger partial charge in [0.1, 0.15) is 6.04 Å². The number of hydrogen-bond acceptors (Lipinski definition) is 4. The molecule has 6 heteroatoms. The summed E-state index contributed by atoms with van der Waals surface area (Å²) in [6.45, 7) is 2.77.